The molecule has 1 saturated heterocycles. The predicted octanol–water partition coefficient (Wildman–Crippen LogP) is 2.34. The average Bonchev–Trinajstić information content (AvgIpc) is 2.66. The minimum Gasteiger partial charge on any atom is -0.480 e. The molecule has 1 fully saturated rings. The van der Waals surface area contributed by atoms with Crippen molar-refractivity contribution < 1.29 is 38.1 Å². The zero-order chi connectivity index (χ0) is 23.9. The summed E-state index contributed by atoms with van der Waals surface area (Å²) in [7, 11) is 2.81. The first kappa shape index (κ1) is 26.4. The van der Waals surface area contributed by atoms with Crippen LogP contribution in [0.1, 0.15) is 47.7 Å². The predicted molar refractivity (Wildman–Crippen MR) is 109 cm³/mol. The maximum atomic E-state index is 15.0. The highest BCUT2D eigenvalue weighted by Crippen LogP contribution is 2.33. The number of aliphatic carboxylic acids is 2. The van der Waals surface area contributed by atoms with Gasteiger partial charge in [0, 0.05) is 33.1 Å². The lowest BCUT2D eigenvalue weighted by Gasteiger charge is -2.40. The van der Waals surface area contributed by atoms with Crippen molar-refractivity contribution in [2.45, 2.75) is 39.2 Å². The highest BCUT2D eigenvalue weighted by Gasteiger charge is 2.40. The molecule has 0 spiro atoms. The average molecular weight is 444 g/mol. The van der Waals surface area contributed by atoms with Crippen LogP contribution in [0.2, 0.25) is 0 Å². The number of carbonyl (C=O) groups excluding carboxylic acids is 1. The van der Waals surface area contributed by atoms with Gasteiger partial charge in [-0.15, -0.1) is 0 Å². The first-order valence-corrected chi connectivity index (χ1v) is 10.0. The molecule has 1 heterocycles. The number of halogens is 2. The molecule has 0 aromatic heterocycles. The Morgan fingerprint density at radius 2 is 1.74 bits per heavy atom. The second kappa shape index (κ2) is 11.7. The second-order valence-electron chi connectivity index (χ2n) is 7.17. The van der Waals surface area contributed by atoms with Crippen molar-refractivity contribution in [2.24, 2.45) is 0 Å². The van der Waals surface area contributed by atoms with E-state index in [1.807, 2.05) is 13.8 Å². The van der Waals surface area contributed by atoms with E-state index in [1.54, 1.807) is 4.90 Å². The number of hydrogen-bond donors (Lipinski definition) is 2. The minimum atomic E-state index is -1.37. The monoisotopic (exact) mass is 444 g/mol. The fourth-order valence-electron chi connectivity index (χ4n) is 3.36. The summed E-state index contributed by atoms with van der Waals surface area (Å²) in [6, 6.07) is 0.0147. The Bertz CT molecular complexity index is 812. The molecule has 174 valence electrons. The van der Waals surface area contributed by atoms with E-state index in [0.717, 1.165) is 11.3 Å². The topological polar surface area (TPSA) is 107 Å². The molecule has 0 saturated carbocycles. The number of hydrogen-bond acceptors (Lipinski definition) is 5. The summed E-state index contributed by atoms with van der Waals surface area (Å²) in [6.45, 7) is 5.22. The van der Waals surface area contributed by atoms with Crippen LogP contribution in [0.25, 0.3) is 0 Å². The summed E-state index contributed by atoms with van der Waals surface area (Å²) in [6.07, 6.45) is 0.763. The van der Waals surface area contributed by atoms with Crippen molar-refractivity contribution in [1.29, 1.82) is 0 Å². The van der Waals surface area contributed by atoms with Gasteiger partial charge in [0.25, 0.3) is 5.91 Å². The maximum absolute atomic E-state index is 15.0. The normalized spacial score (nSPS) is 15.2. The van der Waals surface area contributed by atoms with Gasteiger partial charge in [-0.2, -0.15) is 0 Å². The standard InChI is InChI=1S/C19H24F2N2O6.C2H6/c1-10-7-11(15(20)16(21)14(10)18(26)22(2)3)12(8-29-9-13(24)25)17(19(27)28)23-5-4-6-23;1-2/h7,12,17H,4-6,8-9H2,1-3H3,(H,24,25)(H,27,28);1-2H3. The molecule has 1 amide bonds. The van der Waals surface area contributed by atoms with Gasteiger partial charge in [0.1, 0.15) is 12.6 Å². The lowest BCUT2D eigenvalue weighted by Crippen LogP contribution is -2.53. The zero-order valence-electron chi connectivity index (χ0n) is 18.4. The number of aryl methyl sites for hydroxylation is 1. The molecule has 1 aromatic carbocycles. The fourth-order valence-corrected chi connectivity index (χ4v) is 3.36. The number of carboxylic acids is 2. The molecule has 31 heavy (non-hydrogen) atoms. The summed E-state index contributed by atoms with van der Waals surface area (Å²) in [5.74, 6) is -7.11. The molecule has 0 bridgehead atoms. The summed E-state index contributed by atoms with van der Waals surface area (Å²) in [5, 5.41) is 18.5. The first-order valence-electron chi connectivity index (χ1n) is 10.0. The van der Waals surface area contributed by atoms with E-state index in [0.29, 0.717) is 13.1 Å². The van der Waals surface area contributed by atoms with Gasteiger partial charge >= 0.3 is 11.9 Å². The van der Waals surface area contributed by atoms with Crippen molar-refractivity contribution >= 4 is 17.8 Å². The number of carboxylic acid groups (broad SMARTS) is 2. The van der Waals surface area contributed by atoms with Gasteiger partial charge in [-0.1, -0.05) is 19.9 Å². The summed E-state index contributed by atoms with van der Waals surface area (Å²) in [4.78, 5) is 37.5. The Labute approximate surface area is 180 Å². The summed E-state index contributed by atoms with van der Waals surface area (Å²) in [5.41, 5.74) is -0.550. The molecule has 1 aromatic rings. The van der Waals surface area contributed by atoms with Crippen LogP contribution in [0.5, 0.6) is 0 Å². The van der Waals surface area contributed by atoms with Crippen LogP contribution in [0, 0.1) is 18.6 Å². The quantitative estimate of drug-likeness (QED) is 0.602. The highest BCUT2D eigenvalue weighted by atomic mass is 19.2. The molecule has 1 aliphatic rings. The summed E-state index contributed by atoms with van der Waals surface area (Å²) < 4.78 is 34.8. The molecule has 0 radical (unpaired) electrons. The van der Waals surface area contributed by atoms with Gasteiger partial charge in [-0.3, -0.25) is 14.5 Å². The first-order chi connectivity index (χ1) is 14.6. The van der Waals surface area contributed by atoms with Crippen LogP contribution in [-0.2, 0) is 14.3 Å². The number of likely N-dealkylation sites (tertiary alicyclic amines) is 1. The smallest absolute Gasteiger partial charge is 0.329 e. The van der Waals surface area contributed by atoms with Gasteiger partial charge in [0.15, 0.2) is 11.6 Å². The molecule has 8 nitrogen and oxygen atoms in total. The third kappa shape index (κ3) is 6.20. The van der Waals surface area contributed by atoms with Gasteiger partial charge < -0.3 is 19.8 Å². The van der Waals surface area contributed by atoms with Crippen LogP contribution in [0.3, 0.4) is 0 Å². The highest BCUT2D eigenvalue weighted by molar-refractivity contribution is 5.95. The van der Waals surface area contributed by atoms with Crippen LogP contribution >= 0.6 is 0 Å². The molecule has 2 rings (SSSR count). The molecular formula is C21H30F2N2O6. The Morgan fingerprint density at radius 1 is 1.16 bits per heavy atom. The van der Waals surface area contributed by atoms with Gasteiger partial charge in [-0.05, 0) is 24.5 Å². The molecule has 1 aliphatic heterocycles. The molecule has 2 N–H and O–H groups in total. The van der Waals surface area contributed by atoms with Crippen molar-refractivity contribution in [3.63, 3.8) is 0 Å². The molecule has 10 heteroatoms. The lowest BCUT2D eigenvalue weighted by molar-refractivity contribution is -0.147. The Kier molecular flexibility index (Phi) is 9.99. The van der Waals surface area contributed by atoms with E-state index >= 15 is 0 Å². The van der Waals surface area contributed by atoms with Crippen molar-refractivity contribution in [1.82, 2.24) is 9.80 Å². The van der Waals surface area contributed by atoms with E-state index < -0.39 is 60.2 Å². The second-order valence-corrected chi connectivity index (χ2v) is 7.17. The van der Waals surface area contributed by atoms with Crippen molar-refractivity contribution in [3.8, 4) is 0 Å². The number of carbonyl (C=O) groups is 3. The third-order valence-electron chi connectivity index (χ3n) is 4.89. The van der Waals surface area contributed by atoms with Crippen LogP contribution in [0.15, 0.2) is 6.07 Å². The number of ether oxygens (including phenoxy) is 1. The zero-order valence-corrected chi connectivity index (χ0v) is 18.4. The minimum absolute atomic E-state index is 0.147. The Morgan fingerprint density at radius 3 is 2.16 bits per heavy atom. The van der Waals surface area contributed by atoms with Crippen molar-refractivity contribution in [2.75, 3.05) is 40.4 Å². The SMILES string of the molecule is CC.Cc1cc(C(COCC(=O)O)C(C(=O)O)N2CCC2)c(F)c(F)c1C(=O)N(C)C. The Hall–Kier alpha value is -2.59. The van der Waals surface area contributed by atoms with Crippen LogP contribution in [-0.4, -0.2) is 84.3 Å². The van der Waals surface area contributed by atoms with E-state index in [4.69, 9.17) is 9.84 Å². The van der Waals surface area contributed by atoms with E-state index in [2.05, 4.69) is 0 Å². The van der Waals surface area contributed by atoms with Gasteiger partial charge in [0.2, 0.25) is 0 Å². The number of amides is 1. The van der Waals surface area contributed by atoms with Crippen LogP contribution in [0.4, 0.5) is 8.78 Å². The van der Waals surface area contributed by atoms with Crippen LogP contribution < -0.4 is 0 Å². The number of rotatable bonds is 9. The fraction of sp³-hybridized carbons (Fsp3) is 0.571. The van der Waals surface area contributed by atoms with E-state index in [-0.39, 0.29) is 11.1 Å². The van der Waals surface area contributed by atoms with Crippen molar-refractivity contribution in [3.05, 3.63) is 34.4 Å². The number of nitrogens with zero attached hydrogens (tertiary/aromatic N) is 2. The van der Waals surface area contributed by atoms with E-state index in [1.165, 1.54) is 27.1 Å². The van der Waals surface area contributed by atoms with Gasteiger partial charge in [0.05, 0.1) is 12.2 Å². The molecule has 2 unspecified atom stereocenters. The third-order valence-corrected chi connectivity index (χ3v) is 4.89. The Balaban J connectivity index is 0.00000233. The van der Waals surface area contributed by atoms with Gasteiger partial charge in [-0.25, -0.2) is 13.6 Å². The molecular weight excluding hydrogens is 414 g/mol. The number of benzene rings is 1. The molecule has 2 atom stereocenters. The largest absolute Gasteiger partial charge is 0.480 e. The lowest BCUT2D eigenvalue weighted by atomic mass is 9.86. The molecule has 0 aliphatic carbocycles. The maximum Gasteiger partial charge on any atom is 0.329 e. The summed E-state index contributed by atoms with van der Waals surface area (Å²) >= 11 is 0. The van der Waals surface area contributed by atoms with E-state index in [9.17, 15) is 28.3 Å².